The van der Waals surface area contributed by atoms with Crippen molar-refractivity contribution in [2.45, 2.75) is 32.6 Å². The quantitative estimate of drug-likeness (QED) is 0.260. The van der Waals surface area contributed by atoms with Gasteiger partial charge in [0.25, 0.3) is 5.69 Å². The van der Waals surface area contributed by atoms with Crippen LogP contribution in [0.2, 0.25) is 0 Å². The molecule has 0 aromatic heterocycles. The molecule has 1 aromatic carbocycles. The molecular formula is C13H19N2O8P. The van der Waals surface area contributed by atoms with Crippen LogP contribution in [0.5, 0.6) is 0 Å². The summed E-state index contributed by atoms with van der Waals surface area (Å²) in [4.78, 5) is 30.9. The summed E-state index contributed by atoms with van der Waals surface area (Å²) in [6.07, 6.45) is -1.03. The highest BCUT2D eigenvalue weighted by Crippen LogP contribution is 2.47. The SMILES string of the molecule is CCCC(=O)NCc1ccc([N+](=O)[O-])c(C(O)OP(=O)(O)OC)c1. The van der Waals surface area contributed by atoms with E-state index in [-0.39, 0.29) is 18.0 Å². The van der Waals surface area contributed by atoms with E-state index in [4.69, 9.17) is 0 Å². The molecule has 0 aliphatic heterocycles. The first-order valence-electron chi connectivity index (χ1n) is 6.99. The van der Waals surface area contributed by atoms with Gasteiger partial charge in [-0.15, -0.1) is 0 Å². The first-order chi connectivity index (χ1) is 11.2. The number of hydrogen-bond donors (Lipinski definition) is 3. The molecule has 0 bridgehead atoms. The fourth-order valence-electron chi connectivity index (χ4n) is 1.82. The van der Waals surface area contributed by atoms with Crippen LogP contribution in [0.25, 0.3) is 0 Å². The van der Waals surface area contributed by atoms with Gasteiger partial charge in [0, 0.05) is 26.1 Å². The molecule has 10 nitrogen and oxygen atoms in total. The summed E-state index contributed by atoms with van der Waals surface area (Å²) < 4.78 is 19.9. The molecule has 11 heteroatoms. The van der Waals surface area contributed by atoms with Crippen LogP contribution >= 0.6 is 7.82 Å². The van der Waals surface area contributed by atoms with Crippen molar-refractivity contribution in [3.8, 4) is 0 Å². The maximum atomic E-state index is 11.5. The zero-order chi connectivity index (χ0) is 18.3. The number of rotatable bonds is 9. The number of hydrogen-bond acceptors (Lipinski definition) is 7. The average Bonchev–Trinajstić information content (AvgIpc) is 2.52. The normalized spacial score (nSPS) is 14.7. The van der Waals surface area contributed by atoms with E-state index >= 15 is 0 Å². The molecule has 0 aliphatic rings. The first kappa shape index (κ1) is 20.2. The van der Waals surface area contributed by atoms with Crippen LogP contribution in [-0.4, -0.2) is 27.9 Å². The molecule has 2 unspecified atom stereocenters. The Kier molecular flexibility index (Phi) is 7.46. The molecule has 134 valence electrons. The van der Waals surface area contributed by atoms with Crippen LogP contribution in [-0.2, 0) is 25.0 Å². The summed E-state index contributed by atoms with van der Waals surface area (Å²) in [6, 6.07) is 3.72. The minimum Gasteiger partial charge on any atom is -0.364 e. The minimum atomic E-state index is -4.54. The standard InChI is InChI=1S/C13H19N2O8P/c1-3-4-12(16)14-8-9-5-6-11(15(18)19)10(7-9)13(17)23-24(20,21)22-2/h5-7,13,17H,3-4,8H2,1-2H3,(H,14,16)(H,20,21). The van der Waals surface area contributed by atoms with Gasteiger partial charge in [0.05, 0.1) is 10.5 Å². The molecule has 0 heterocycles. The zero-order valence-corrected chi connectivity index (χ0v) is 14.1. The van der Waals surface area contributed by atoms with Gasteiger partial charge in [0.1, 0.15) is 0 Å². The van der Waals surface area contributed by atoms with Gasteiger partial charge < -0.3 is 15.3 Å². The Morgan fingerprint density at radius 3 is 2.71 bits per heavy atom. The number of aliphatic hydroxyl groups excluding tert-OH is 1. The summed E-state index contributed by atoms with van der Waals surface area (Å²) >= 11 is 0. The maximum absolute atomic E-state index is 11.5. The lowest BCUT2D eigenvalue weighted by molar-refractivity contribution is -0.386. The topological polar surface area (TPSA) is 148 Å². The number of carbonyl (C=O) groups is 1. The highest BCUT2D eigenvalue weighted by atomic mass is 31.2. The Hall–Kier alpha value is -1.84. The average molecular weight is 362 g/mol. The molecule has 1 rings (SSSR count). The van der Waals surface area contributed by atoms with Crippen molar-refractivity contribution in [1.29, 1.82) is 0 Å². The van der Waals surface area contributed by atoms with Crippen molar-refractivity contribution in [2.75, 3.05) is 7.11 Å². The molecule has 2 atom stereocenters. The van der Waals surface area contributed by atoms with Gasteiger partial charge in [0.2, 0.25) is 5.91 Å². The smallest absolute Gasteiger partial charge is 0.364 e. The summed E-state index contributed by atoms with van der Waals surface area (Å²) in [5, 5.41) is 23.5. The number of nitro benzene ring substituents is 1. The first-order valence-corrected chi connectivity index (χ1v) is 8.48. The molecule has 1 amide bonds. The molecule has 24 heavy (non-hydrogen) atoms. The zero-order valence-electron chi connectivity index (χ0n) is 13.2. The van der Waals surface area contributed by atoms with E-state index in [0.717, 1.165) is 13.2 Å². The minimum absolute atomic E-state index is 0.0810. The van der Waals surface area contributed by atoms with Gasteiger partial charge in [-0.05, 0) is 18.1 Å². The number of phosphoric acid groups is 1. The third kappa shape index (κ3) is 5.99. The van der Waals surface area contributed by atoms with E-state index in [9.17, 15) is 29.5 Å². The van der Waals surface area contributed by atoms with Crippen LogP contribution in [0.15, 0.2) is 18.2 Å². The van der Waals surface area contributed by atoms with Gasteiger partial charge in [-0.1, -0.05) is 13.0 Å². The molecule has 0 saturated heterocycles. The number of carbonyl (C=O) groups excluding carboxylic acids is 1. The Morgan fingerprint density at radius 1 is 1.50 bits per heavy atom. The lowest BCUT2D eigenvalue weighted by Crippen LogP contribution is -2.22. The number of aliphatic hydroxyl groups is 1. The van der Waals surface area contributed by atoms with Crippen LogP contribution in [0, 0.1) is 10.1 Å². The van der Waals surface area contributed by atoms with Crippen LogP contribution in [0.1, 0.15) is 37.2 Å². The van der Waals surface area contributed by atoms with Gasteiger partial charge in [-0.25, -0.2) is 4.57 Å². The predicted molar refractivity (Wildman–Crippen MR) is 82.7 cm³/mol. The second-order valence-electron chi connectivity index (χ2n) is 4.79. The Bertz CT molecular complexity index is 651. The molecule has 0 aliphatic carbocycles. The highest BCUT2D eigenvalue weighted by Gasteiger charge is 2.29. The van der Waals surface area contributed by atoms with Crippen molar-refractivity contribution in [3.63, 3.8) is 0 Å². The van der Waals surface area contributed by atoms with Crippen molar-refractivity contribution in [1.82, 2.24) is 5.32 Å². The molecule has 0 saturated carbocycles. The number of benzene rings is 1. The van der Waals surface area contributed by atoms with E-state index < -0.39 is 24.7 Å². The van der Waals surface area contributed by atoms with E-state index in [0.29, 0.717) is 18.4 Å². The number of nitrogens with zero attached hydrogens (tertiary/aromatic N) is 1. The Morgan fingerprint density at radius 2 is 2.17 bits per heavy atom. The summed E-state index contributed by atoms with van der Waals surface area (Å²) in [6.45, 7) is 1.93. The number of phosphoric ester groups is 1. The predicted octanol–water partition coefficient (Wildman–Crippen LogP) is 1.77. The monoisotopic (exact) mass is 362 g/mol. The molecular weight excluding hydrogens is 343 g/mol. The fraction of sp³-hybridized carbons (Fsp3) is 0.462. The lowest BCUT2D eigenvalue weighted by atomic mass is 10.1. The van der Waals surface area contributed by atoms with E-state index in [1.54, 1.807) is 0 Å². The summed E-state index contributed by atoms with van der Waals surface area (Å²) in [7, 11) is -3.65. The van der Waals surface area contributed by atoms with Crippen molar-refractivity contribution in [2.24, 2.45) is 0 Å². The maximum Gasteiger partial charge on any atom is 0.474 e. The number of nitrogens with one attached hydrogen (secondary N) is 1. The van der Waals surface area contributed by atoms with Crippen LogP contribution in [0.3, 0.4) is 0 Å². The number of nitro groups is 1. The van der Waals surface area contributed by atoms with Gasteiger partial charge >= 0.3 is 7.82 Å². The molecule has 3 N–H and O–H groups in total. The highest BCUT2D eigenvalue weighted by molar-refractivity contribution is 7.47. The molecule has 0 radical (unpaired) electrons. The van der Waals surface area contributed by atoms with E-state index in [1.807, 2.05) is 6.92 Å². The van der Waals surface area contributed by atoms with Crippen LogP contribution in [0.4, 0.5) is 5.69 Å². The van der Waals surface area contributed by atoms with Crippen molar-refractivity contribution < 1.29 is 33.3 Å². The Labute approximate surface area is 138 Å². The summed E-state index contributed by atoms with van der Waals surface area (Å²) in [5.74, 6) is -0.187. The number of amides is 1. The van der Waals surface area contributed by atoms with E-state index in [2.05, 4.69) is 14.4 Å². The molecule has 0 spiro atoms. The third-order valence-corrected chi connectivity index (χ3v) is 3.91. The summed E-state index contributed by atoms with van der Waals surface area (Å²) in [5.41, 5.74) is -0.372. The molecule has 1 aromatic rings. The van der Waals surface area contributed by atoms with Crippen molar-refractivity contribution >= 4 is 19.4 Å². The third-order valence-electron chi connectivity index (χ3n) is 2.99. The molecule has 0 fully saturated rings. The lowest BCUT2D eigenvalue weighted by Gasteiger charge is -2.16. The van der Waals surface area contributed by atoms with Gasteiger partial charge in [-0.2, -0.15) is 0 Å². The van der Waals surface area contributed by atoms with E-state index in [1.165, 1.54) is 12.1 Å². The van der Waals surface area contributed by atoms with Crippen LogP contribution < -0.4 is 5.32 Å². The van der Waals surface area contributed by atoms with Crippen molar-refractivity contribution in [3.05, 3.63) is 39.4 Å². The fourth-order valence-corrected chi connectivity index (χ4v) is 2.27. The Balaban J connectivity index is 3.02. The second-order valence-corrected chi connectivity index (χ2v) is 6.30. The second kappa shape index (κ2) is 8.86. The largest absolute Gasteiger partial charge is 0.474 e. The van der Waals surface area contributed by atoms with Gasteiger partial charge in [-0.3, -0.25) is 24.0 Å². The van der Waals surface area contributed by atoms with Gasteiger partial charge in [0.15, 0.2) is 6.29 Å².